The molecule has 1 aliphatic rings. The molecule has 8 heteroatoms. The first kappa shape index (κ1) is 20.9. The second-order valence-corrected chi connectivity index (χ2v) is 6.26. The van der Waals surface area contributed by atoms with Crippen LogP contribution in [0.4, 0.5) is 5.69 Å². The van der Waals surface area contributed by atoms with E-state index >= 15 is 0 Å². The molecule has 2 heterocycles. The summed E-state index contributed by atoms with van der Waals surface area (Å²) in [5.74, 6) is -1.45. The summed E-state index contributed by atoms with van der Waals surface area (Å²) >= 11 is 0. The van der Waals surface area contributed by atoms with Crippen molar-refractivity contribution in [3.05, 3.63) is 51.4 Å². The zero-order valence-corrected chi connectivity index (χ0v) is 16.1. The van der Waals surface area contributed by atoms with Crippen molar-refractivity contribution < 1.29 is 19.0 Å². The summed E-state index contributed by atoms with van der Waals surface area (Å²) < 4.78 is 16.5. The second-order valence-electron chi connectivity index (χ2n) is 6.26. The van der Waals surface area contributed by atoms with E-state index in [-0.39, 0.29) is 18.6 Å². The molecule has 1 aromatic heterocycles. The van der Waals surface area contributed by atoms with Crippen molar-refractivity contribution in [3.8, 4) is 0 Å². The van der Waals surface area contributed by atoms with Crippen LogP contribution in [0.15, 0.2) is 29.2 Å². The smallest absolute Gasteiger partial charge is 0.229 e. The van der Waals surface area contributed by atoms with Crippen LogP contribution in [-0.4, -0.2) is 51.5 Å². The van der Waals surface area contributed by atoms with Crippen LogP contribution in [0.25, 0.3) is 0 Å². The number of anilines is 1. The number of fused-ring (bicyclic) bond motifs is 1. The molecule has 3 unspecified atom stereocenters. The highest BCUT2D eigenvalue weighted by molar-refractivity contribution is 5.83. The lowest BCUT2D eigenvalue weighted by Gasteiger charge is -2.35. The highest BCUT2D eigenvalue weighted by Gasteiger charge is 2.40. The molecule has 4 N–H and O–H groups in total. The van der Waals surface area contributed by atoms with E-state index in [0.717, 1.165) is 0 Å². The Hall–Kier alpha value is -2.42. The average Bonchev–Trinajstić information content (AvgIpc) is 2.63. The summed E-state index contributed by atoms with van der Waals surface area (Å²) in [6.45, 7) is 2.03. The second kappa shape index (κ2) is 9.50. The molecule has 0 bridgehead atoms. The molecule has 8 nitrogen and oxygen atoms in total. The molecule has 0 fully saturated rings. The molecule has 1 amide bonds. The molecule has 0 spiro atoms. The molecular formula is C19H27N3O5. The van der Waals surface area contributed by atoms with Crippen LogP contribution in [0, 0.1) is 6.92 Å². The van der Waals surface area contributed by atoms with Crippen molar-refractivity contribution in [1.82, 2.24) is 4.98 Å². The minimum absolute atomic E-state index is 0.152. The van der Waals surface area contributed by atoms with E-state index in [1.807, 2.05) is 0 Å². The van der Waals surface area contributed by atoms with Crippen LogP contribution in [0.1, 0.15) is 28.8 Å². The maximum atomic E-state index is 13.3. The van der Waals surface area contributed by atoms with Gasteiger partial charge in [0.25, 0.3) is 0 Å². The topological polar surface area (TPSA) is 116 Å². The van der Waals surface area contributed by atoms with Crippen LogP contribution in [-0.2, 0) is 19.0 Å². The van der Waals surface area contributed by atoms with Crippen molar-refractivity contribution in [2.24, 2.45) is 5.73 Å². The number of nitrogens with two attached hydrogens (primary N) is 1. The Balaban J connectivity index is 2.90. The van der Waals surface area contributed by atoms with Crippen LogP contribution < -0.4 is 16.5 Å². The Morgan fingerprint density at radius 2 is 2.00 bits per heavy atom. The molecule has 27 heavy (non-hydrogen) atoms. The molecule has 3 atom stereocenters. The number of aromatic nitrogens is 1. The van der Waals surface area contributed by atoms with Gasteiger partial charge in [0.2, 0.25) is 5.91 Å². The van der Waals surface area contributed by atoms with Gasteiger partial charge >= 0.3 is 0 Å². The maximum Gasteiger partial charge on any atom is 0.229 e. The third-order valence-corrected chi connectivity index (χ3v) is 4.56. The first-order valence-electron chi connectivity index (χ1n) is 8.66. The number of nitrogens with one attached hydrogen (secondary N) is 2. The lowest BCUT2D eigenvalue weighted by atomic mass is 9.88. The van der Waals surface area contributed by atoms with Gasteiger partial charge < -0.3 is 30.2 Å². The van der Waals surface area contributed by atoms with Gasteiger partial charge in [-0.15, -0.1) is 0 Å². The number of ether oxygens (including phenoxy) is 3. The van der Waals surface area contributed by atoms with Gasteiger partial charge in [0.15, 0.2) is 5.43 Å². The number of primary amides is 1. The molecule has 148 valence electrons. The van der Waals surface area contributed by atoms with Gasteiger partial charge in [0, 0.05) is 44.4 Å². The normalized spacial score (nSPS) is 21.1. The van der Waals surface area contributed by atoms with E-state index in [0.29, 0.717) is 22.5 Å². The number of methoxy groups -OCH3 is 2. The standard InChI is InChI=1S/C19H27N3O5/c1-11-12(21-2)7-5-6-8-22-17-15(18(11)23)13(9-25-3)27-14(10-26-4)16(17)19(20)24/h5-8,13-14,16,21-22H,9-10H2,1-4H3,(H2,20,24). The first-order chi connectivity index (χ1) is 13.0. The van der Waals surface area contributed by atoms with E-state index in [4.69, 9.17) is 19.9 Å². The number of H-pyrrole nitrogens is 1. The van der Waals surface area contributed by atoms with Crippen LogP contribution in [0.3, 0.4) is 0 Å². The van der Waals surface area contributed by atoms with Crippen molar-refractivity contribution >= 4 is 11.6 Å². The fourth-order valence-electron chi connectivity index (χ4n) is 3.29. The lowest BCUT2D eigenvalue weighted by Crippen LogP contribution is -2.44. The fourth-order valence-corrected chi connectivity index (χ4v) is 3.29. The molecule has 0 saturated heterocycles. The zero-order valence-electron chi connectivity index (χ0n) is 16.1. The number of hydrogen-bond acceptors (Lipinski definition) is 6. The molecule has 0 aliphatic carbocycles. The van der Waals surface area contributed by atoms with Gasteiger partial charge in [-0.25, -0.2) is 0 Å². The zero-order chi connectivity index (χ0) is 20.0. The summed E-state index contributed by atoms with van der Waals surface area (Å²) in [6.07, 6.45) is 0.361. The third kappa shape index (κ3) is 4.47. The Kier molecular flexibility index (Phi) is 7.35. The number of aromatic amines is 1. The van der Waals surface area contributed by atoms with E-state index in [9.17, 15) is 9.59 Å². The predicted molar refractivity (Wildman–Crippen MR) is 102 cm³/mol. The van der Waals surface area contributed by atoms with Crippen LogP contribution in [0.5, 0.6) is 0 Å². The van der Waals surface area contributed by atoms with Gasteiger partial charge in [-0.05, 0) is 19.1 Å². The van der Waals surface area contributed by atoms with E-state index in [1.165, 1.54) is 14.2 Å². The third-order valence-electron chi connectivity index (χ3n) is 4.56. The first-order valence-corrected chi connectivity index (χ1v) is 8.66. The van der Waals surface area contributed by atoms with E-state index in [2.05, 4.69) is 10.3 Å². The Morgan fingerprint density at radius 3 is 2.59 bits per heavy atom. The molecule has 2 rings (SSSR count). The monoisotopic (exact) mass is 377 g/mol. The van der Waals surface area contributed by atoms with Gasteiger partial charge in [0.05, 0.1) is 24.9 Å². The van der Waals surface area contributed by atoms with Gasteiger partial charge in [-0.1, -0.05) is 6.07 Å². The molecule has 1 aliphatic heterocycles. The summed E-state index contributed by atoms with van der Waals surface area (Å²) in [4.78, 5) is 28.6. The minimum Gasteiger partial charge on any atom is -0.388 e. The Labute approximate surface area is 158 Å². The number of hydrogen-bond donors (Lipinski definition) is 3. The predicted octanol–water partition coefficient (Wildman–Crippen LogP) is 1.15. The van der Waals surface area contributed by atoms with Crippen LogP contribution in [0.2, 0.25) is 0 Å². The summed E-state index contributed by atoms with van der Waals surface area (Å²) in [7, 11) is 4.78. The van der Waals surface area contributed by atoms with E-state index in [1.54, 1.807) is 38.4 Å². The summed E-state index contributed by atoms with van der Waals surface area (Å²) in [6, 6.07) is 5.36. The summed E-state index contributed by atoms with van der Waals surface area (Å²) in [5, 5.41) is 3.02. The fraction of sp³-hybridized carbons (Fsp3) is 0.474. The van der Waals surface area contributed by atoms with Crippen LogP contribution >= 0.6 is 0 Å². The number of carbonyl (C=O) groups excluding carboxylic acids is 1. The molecular weight excluding hydrogens is 350 g/mol. The maximum absolute atomic E-state index is 13.3. The van der Waals surface area contributed by atoms with Crippen molar-refractivity contribution in [3.63, 3.8) is 0 Å². The number of rotatable bonds is 6. The molecule has 0 saturated carbocycles. The Morgan fingerprint density at radius 1 is 1.30 bits per heavy atom. The van der Waals surface area contributed by atoms with Crippen molar-refractivity contribution in [2.45, 2.75) is 25.0 Å². The van der Waals surface area contributed by atoms with Gasteiger partial charge in [0.1, 0.15) is 12.0 Å². The Bertz CT molecular complexity index is 791. The van der Waals surface area contributed by atoms with E-state index < -0.39 is 24.0 Å². The average molecular weight is 377 g/mol. The summed E-state index contributed by atoms with van der Waals surface area (Å²) in [5.41, 5.74) is 7.33. The minimum atomic E-state index is -0.851. The van der Waals surface area contributed by atoms with Gasteiger partial charge in [-0.2, -0.15) is 0 Å². The number of carbonyl (C=O) groups is 1. The molecule has 0 radical (unpaired) electrons. The SMILES string of the molecule is CNc1cccc[nH]c2c(c(=O)c1C)C(COC)OC(COC)C2C(N)=O. The lowest BCUT2D eigenvalue weighted by molar-refractivity contribution is -0.134. The number of amides is 1. The largest absolute Gasteiger partial charge is 0.388 e. The van der Waals surface area contributed by atoms with Gasteiger partial charge in [-0.3, -0.25) is 9.59 Å². The molecule has 1 aromatic rings. The molecule has 0 aromatic carbocycles. The highest BCUT2D eigenvalue weighted by Crippen LogP contribution is 2.35. The quantitative estimate of drug-likeness (QED) is 0.685. The highest BCUT2D eigenvalue weighted by atomic mass is 16.6. The van der Waals surface area contributed by atoms with Crippen molar-refractivity contribution in [2.75, 3.05) is 39.8 Å². The van der Waals surface area contributed by atoms with Crippen molar-refractivity contribution in [1.29, 1.82) is 0 Å².